The average Bonchev–Trinajstić information content (AvgIpc) is 3.06. The number of rotatable bonds is 11. The van der Waals surface area contributed by atoms with E-state index in [1.807, 2.05) is 0 Å². The maximum absolute atomic E-state index is 12.2. The second-order valence-electron chi connectivity index (χ2n) is 12.0. The number of amides is 1. The quantitative estimate of drug-likeness (QED) is 0.0936. The van der Waals surface area contributed by atoms with Crippen molar-refractivity contribution in [3.63, 3.8) is 0 Å². The molecule has 0 spiro atoms. The van der Waals surface area contributed by atoms with E-state index in [0.717, 1.165) is 6.92 Å². The molecular weight excluding hydrogens is 694 g/mol. The molecule has 24 nitrogen and oxygen atoms in total. The topological polar surface area (TPSA) is 391 Å². The van der Waals surface area contributed by atoms with E-state index in [9.17, 15) is 80.8 Å². The second kappa shape index (κ2) is 16.6. The van der Waals surface area contributed by atoms with Gasteiger partial charge in [0.2, 0.25) is 5.91 Å². The van der Waals surface area contributed by atoms with E-state index in [1.165, 1.54) is 0 Å². The van der Waals surface area contributed by atoms with Crippen molar-refractivity contribution in [2.45, 2.75) is 130 Å². The van der Waals surface area contributed by atoms with Crippen LogP contribution in [0.2, 0.25) is 0 Å². The minimum atomic E-state index is -2.26. The third kappa shape index (κ3) is 8.17. The molecule has 14 N–H and O–H groups in total. The highest BCUT2D eigenvalue weighted by Gasteiger charge is 2.56. The summed E-state index contributed by atoms with van der Waals surface area (Å²) in [5.41, 5.74) is 0. The Bertz CT molecular complexity index is 1180. The summed E-state index contributed by atoms with van der Waals surface area (Å²) in [5.74, 6) is -4.31. The summed E-state index contributed by atoms with van der Waals surface area (Å²) < 4.78 is 37.1. The van der Waals surface area contributed by atoms with Crippen LogP contribution in [-0.2, 0) is 47.5 Å². The number of ether oxygens (including phenoxy) is 7. The van der Waals surface area contributed by atoms with Gasteiger partial charge in [0.15, 0.2) is 37.4 Å². The molecule has 0 radical (unpaired) electrons. The van der Waals surface area contributed by atoms with Gasteiger partial charge in [-0.05, 0) is 0 Å². The number of aliphatic hydroxyl groups excluding tert-OH is 11. The van der Waals surface area contributed by atoms with E-state index in [0.29, 0.717) is 0 Å². The molecule has 0 aliphatic carbocycles. The normalized spacial score (nSPS) is 48.5. The third-order valence-corrected chi connectivity index (χ3v) is 8.54. The van der Waals surface area contributed by atoms with E-state index in [1.54, 1.807) is 0 Å². The Morgan fingerprint density at radius 1 is 0.540 bits per heavy atom. The van der Waals surface area contributed by atoms with Crippen molar-refractivity contribution in [2.24, 2.45) is 0 Å². The second-order valence-corrected chi connectivity index (χ2v) is 12.0. The molecule has 24 heteroatoms. The lowest BCUT2D eigenvalue weighted by Crippen LogP contribution is -2.68. The Morgan fingerprint density at radius 3 is 1.46 bits per heavy atom. The van der Waals surface area contributed by atoms with E-state index < -0.39 is 154 Å². The molecule has 4 saturated heterocycles. The minimum absolute atomic E-state index is 0.711. The number of hydrogen-bond donors (Lipinski definition) is 14. The number of nitrogens with one attached hydrogen (secondary N) is 1. The molecule has 4 heterocycles. The number of carboxylic acids is 2. The molecule has 1 amide bonds. The number of aliphatic hydroxyl groups is 11. The molecule has 4 aliphatic rings. The molecule has 50 heavy (non-hydrogen) atoms. The highest BCUT2D eigenvalue weighted by atomic mass is 16.8. The van der Waals surface area contributed by atoms with Crippen LogP contribution in [0.3, 0.4) is 0 Å². The number of hydrogen-bond acceptors (Lipinski definition) is 21. The lowest BCUT2D eigenvalue weighted by molar-refractivity contribution is -0.381. The molecule has 20 atom stereocenters. The van der Waals surface area contributed by atoms with Crippen molar-refractivity contribution in [3.8, 4) is 0 Å². The zero-order valence-electron chi connectivity index (χ0n) is 25.9. The smallest absolute Gasteiger partial charge is 0.335 e. The predicted octanol–water partition coefficient (Wildman–Crippen LogP) is -9.42. The van der Waals surface area contributed by atoms with Crippen molar-refractivity contribution in [1.29, 1.82) is 0 Å². The van der Waals surface area contributed by atoms with Crippen LogP contribution >= 0.6 is 0 Å². The Balaban J connectivity index is 1.48. The molecule has 288 valence electrons. The SMILES string of the molecule is CC(=O)N[C@H]1C(O)O[C@H](CO)[C@@H](O[C@H]2O[C@H](C(=O)O)[C@H](O[C@H]3O[C@H](CO)[C@@H](O[C@@H]4O[C@H](C(=O)O)[C@@H](O)[C@H](O)[C@H]4O)[C@H](O)[C@H]3O)[C@@H](O)[C@@H]2O)[C@@H]1O. The Hall–Kier alpha value is -2.31. The van der Waals surface area contributed by atoms with Gasteiger partial charge in [0, 0.05) is 6.92 Å². The molecule has 1 unspecified atom stereocenters. The van der Waals surface area contributed by atoms with Crippen LogP contribution in [0.25, 0.3) is 0 Å². The summed E-state index contributed by atoms with van der Waals surface area (Å²) in [6.07, 6.45) is -38.4. The number of carbonyl (C=O) groups is 3. The standard InChI is InChI=1S/C26H41NO23/c1-4(30)27-7-8(31)16(5(2-28)44-23(7)43)46-26-15(38)12(35)18(20(50-26)22(41)42)48-24-14(37)11(34)17(6(3-29)45-24)47-25-13(36)9(32)10(33)19(49-25)21(39)40/h5-20,23-26,28-29,31-38,43H,2-3H2,1H3,(H,27,30)(H,39,40)(H,41,42)/t5-,6-,7-,8-,9+,10+,11-,12+,13-,14-,15+,16-,17-,18-,19+,20+,23?,24-,25-,26+/m1/s1. The number of carbonyl (C=O) groups excluding carboxylic acids is 1. The van der Waals surface area contributed by atoms with Crippen LogP contribution < -0.4 is 5.32 Å². The van der Waals surface area contributed by atoms with Crippen molar-refractivity contribution < 1.29 is 114 Å². The summed E-state index contributed by atoms with van der Waals surface area (Å²) in [5, 5.41) is 135. The van der Waals surface area contributed by atoms with E-state index >= 15 is 0 Å². The summed E-state index contributed by atoms with van der Waals surface area (Å²) in [4.78, 5) is 35.2. The van der Waals surface area contributed by atoms with Crippen LogP contribution in [-0.4, -0.2) is 220 Å². The molecule has 0 bridgehead atoms. The maximum atomic E-state index is 12.2. The monoisotopic (exact) mass is 735 g/mol. The van der Waals surface area contributed by atoms with Gasteiger partial charge in [-0.25, -0.2) is 9.59 Å². The van der Waals surface area contributed by atoms with Crippen molar-refractivity contribution >= 4 is 17.8 Å². The lowest BCUT2D eigenvalue weighted by Gasteiger charge is -2.48. The van der Waals surface area contributed by atoms with Gasteiger partial charge in [-0.1, -0.05) is 0 Å². The minimum Gasteiger partial charge on any atom is -0.479 e. The first-order valence-corrected chi connectivity index (χ1v) is 15.1. The molecule has 0 saturated carbocycles. The Morgan fingerprint density at radius 2 is 0.960 bits per heavy atom. The zero-order valence-corrected chi connectivity index (χ0v) is 25.9. The van der Waals surface area contributed by atoms with E-state index in [4.69, 9.17) is 33.2 Å². The average molecular weight is 736 g/mol. The van der Waals surface area contributed by atoms with Gasteiger partial charge < -0.3 is 105 Å². The lowest BCUT2D eigenvalue weighted by atomic mass is 9.95. The van der Waals surface area contributed by atoms with E-state index in [-0.39, 0.29) is 0 Å². The number of aliphatic carboxylic acids is 2. The molecule has 4 fully saturated rings. The first-order valence-electron chi connectivity index (χ1n) is 15.1. The molecule has 4 rings (SSSR count). The Kier molecular flexibility index (Phi) is 13.4. The van der Waals surface area contributed by atoms with Crippen molar-refractivity contribution in [3.05, 3.63) is 0 Å². The summed E-state index contributed by atoms with van der Waals surface area (Å²) in [6.45, 7) is -0.878. The van der Waals surface area contributed by atoms with E-state index in [2.05, 4.69) is 5.32 Å². The van der Waals surface area contributed by atoms with Crippen LogP contribution in [0.15, 0.2) is 0 Å². The fourth-order valence-corrected chi connectivity index (χ4v) is 5.90. The van der Waals surface area contributed by atoms with Gasteiger partial charge in [0.1, 0.15) is 85.4 Å². The van der Waals surface area contributed by atoms with Crippen LogP contribution in [0.1, 0.15) is 6.92 Å². The molecular formula is C26H41NO23. The van der Waals surface area contributed by atoms with Gasteiger partial charge in [-0.2, -0.15) is 0 Å². The maximum Gasteiger partial charge on any atom is 0.335 e. The van der Waals surface area contributed by atoms with Gasteiger partial charge in [0.05, 0.1) is 13.2 Å². The molecule has 4 aliphatic heterocycles. The summed E-state index contributed by atoms with van der Waals surface area (Å²) in [6, 6.07) is -1.52. The highest BCUT2D eigenvalue weighted by molar-refractivity contribution is 5.74. The third-order valence-electron chi connectivity index (χ3n) is 8.54. The molecule has 0 aromatic rings. The predicted molar refractivity (Wildman–Crippen MR) is 147 cm³/mol. The summed E-state index contributed by atoms with van der Waals surface area (Å²) in [7, 11) is 0. The largest absolute Gasteiger partial charge is 0.479 e. The fourth-order valence-electron chi connectivity index (χ4n) is 5.90. The first-order chi connectivity index (χ1) is 23.4. The van der Waals surface area contributed by atoms with Gasteiger partial charge >= 0.3 is 11.9 Å². The first kappa shape index (κ1) is 40.5. The molecule has 0 aromatic heterocycles. The Labute approximate surface area is 280 Å². The molecule has 0 aromatic carbocycles. The van der Waals surface area contributed by atoms with Crippen LogP contribution in [0, 0.1) is 0 Å². The van der Waals surface area contributed by atoms with Crippen molar-refractivity contribution in [1.82, 2.24) is 5.32 Å². The van der Waals surface area contributed by atoms with Crippen molar-refractivity contribution in [2.75, 3.05) is 13.2 Å². The van der Waals surface area contributed by atoms with Gasteiger partial charge in [-0.3, -0.25) is 4.79 Å². The van der Waals surface area contributed by atoms with Gasteiger partial charge in [0.25, 0.3) is 0 Å². The zero-order chi connectivity index (χ0) is 37.4. The van der Waals surface area contributed by atoms with Crippen LogP contribution in [0.5, 0.6) is 0 Å². The fraction of sp³-hybridized carbons (Fsp3) is 0.885. The van der Waals surface area contributed by atoms with Gasteiger partial charge in [-0.15, -0.1) is 0 Å². The number of carboxylic acid groups (broad SMARTS) is 2. The highest BCUT2D eigenvalue weighted by Crippen LogP contribution is 2.34. The van der Waals surface area contributed by atoms with Crippen LogP contribution in [0.4, 0.5) is 0 Å². The summed E-state index contributed by atoms with van der Waals surface area (Å²) >= 11 is 0.